The van der Waals surface area contributed by atoms with Gasteiger partial charge in [-0.15, -0.1) is 0 Å². The molecular formula is C24H22N2O4. The summed E-state index contributed by atoms with van der Waals surface area (Å²) in [5, 5.41) is 9.21. The van der Waals surface area contributed by atoms with E-state index in [1.54, 1.807) is 11.0 Å². The van der Waals surface area contributed by atoms with Crippen molar-refractivity contribution in [3.63, 3.8) is 0 Å². The van der Waals surface area contributed by atoms with Crippen molar-refractivity contribution in [2.75, 3.05) is 13.2 Å². The molecule has 30 heavy (non-hydrogen) atoms. The van der Waals surface area contributed by atoms with E-state index in [1.807, 2.05) is 24.3 Å². The van der Waals surface area contributed by atoms with Gasteiger partial charge in [0.2, 0.25) is 0 Å². The van der Waals surface area contributed by atoms with Crippen molar-refractivity contribution in [1.29, 1.82) is 0 Å². The highest BCUT2D eigenvalue weighted by molar-refractivity contribution is 5.86. The summed E-state index contributed by atoms with van der Waals surface area (Å²) >= 11 is 0. The van der Waals surface area contributed by atoms with E-state index in [0.717, 1.165) is 24.1 Å². The van der Waals surface area contributed by atoms with Crippen molar-refractivity contribution in [2.45, 2.75) is 25.3 Å². The van der Waals surface area contributed by atoms with Crippen molar-refractivity contribution in [2.24, 2.45) is 0 Å². The molecule has 152 valence electrons. The normalized spacial score (nSPS) is 15.1. The molecule has 2 N–H and O–H groups in total. The van der Waals surface area contributed by atoms with Gasteiger partial charge in [-0.3, -0.25) is 0 Å². The number of carboxylic acid groups (broad SMARTS) is 1. The van der Waals surface area contributed by atoms with Gasteiger partial charge in [-0.2, -0.15) is 0 Å². The number of hydrogen-bond donors (Lipinski definition) is 2. The summed E-state index contributed by atoms with van der Waals surface area (Å²) in [6.45, 7) is 1.22. The number of carbonyl (C=O) groups excluding carboxylic acids is 1. The minimum atomic E-state index is -0.990. The monoisotopic (exact) mass is 402 g/mol. The number of amides is 1. The molecule has 0 fully saturated rings. The van der Waals surface area contributed by atoms with Crippen LogP contribution in [0.1, 0.15) is 45.2 Å². The van der Waals surface area contributed by atoms with Crippen LogP contribution in [0.15, 0.2) is 54.6 Å². The number of rotatable bonds is 3. The van der Waals surface area contributed by atoms with Crippen LogP contribution in [0.3, 0.4) is 0 Å². The maximum absolute atomic E-state index is 12.9. The molecule has 0 spiro atoms. The van der Waals surface area contributed by atoms with Crippen LogP contribution >= 0.6 is 0 Å². The molecule has 2 aliphatic rings. The number of aromatic carboxylic acids is 1. The fourth-order valence-corrected chi connectivity index (χ4v) is 4.59. The summed E-state index contributed by atoms with van der Waals surface area (Å²) < 4.78 is 5.76. The highest BCUT2D eigenvalue weighted by Gasteiger charge is 2.30. The zero-order valence-electron chi connectivity index (χ0n) is 16.4. The van der Waals surface area contributed by atoms with Crippen LogP contribution in [0.4, 0.5) is 4.79 Å². The minimum Gasteiger partial charge on any atom is -0.477 e. The molecule has 1 amide bonds. The lowest BCUT2D eigenvalue weighted by Crippen LogP contribution is -2.32. The first-order chi connectivity index (χ1) is 14.6. The van der Waals surface area contributed by atoms with Crippen LogP contribution in [-0.2, 0) is 17.7 Å². The zero-order valence-corrected chi connectivity index (χ0v) is 16.4. The predicted octanol–water partition coefficient (Wildman–Crippen LogP) is 4.41. The molecule has 6 heteroatoms. The second kappa shape index (κ2) is 7.37. The Hall–Kier alpha value is -3.54. The second-order valence-electron chi connectivity index (χ2n) is 7.82. The van der Waals surface area contributed by atoms with Gasteiger partial charge in [0.15, 0.2) is 0 Å². The van der Waals surface area contributed by atoms with Crippen LogP contribution < -0.4 is 0 Å². The predicted molar refractivity (Wildman–Crippen MR) is 112 cm³/mol. The fraction of sp³-hybridized carbons (Fsp3) is 0.250. The molecule has 6 nitrogen and oxygen atoms in total. The van der Waals surface area contributed by atoms with Gasteiger partial charge in [-0.25, -0.2) is 9.59 Å². The number of ether oxygens (including phenoxy) is 1. The standard InChI is InChI=1S/C24H22N2O4/c27-23(28)22-12-15-13-26(11-5-10-21(15)25-22)24(29)30-14-20-18-8-3-1-6-16(18)17-7-2-4-9-19(17)20/h1-4,6-9,12,20,25H,5,10-11,13-14H2,(H,27,28). The number of carbonyl (C=O) groups is 2. The Kier molecular flexibility index (Phi) is 4.54. The van der Waals surface area contributed by atoms with Gasteiger partial charge in [0.05, 0.1) is 6.54 Å². The van der Waals surface area contributed by atoms with Crippen LogP contribution in [0, 0.1) is 0 Å². The Morgan fingerprint density at radius 1 is 1.07 bits per heavy atom. The average Bonchev–Trinajstić information content (AvgIpc) is 3.24. The lowest BCUT2D eigenvalue weighted by Gasteiger charge is -2.22. The number of benzene rings is 2. The van der Waals surface area contributed by atoms with Crippen molar-refractivity contribution in [1.82, 2.24) is 9.88 Å². The summed E-state index contributed by atoms with van der Waals surface area (Å²) in [4.78, 5) is 28.7. The topological polar surface area (TPSA) is 82.6 Å². The van der Waals surface area contributed by atoms with E-state index in [4.69, 9.17) is 4.74 Å². The Bertz CT molecular complexity index is 1090. The van der Waals surface area contributed by atoms with Gasteiger partial charge in [0, 0.05) is 18.2 Å². The zero-order chi connectivity index (χ0) is 20.7. The van der Waals surface area contributed by atoms with Crippen LogP contribution in [0.5, 0.6) is 0 Å². The van der Waals surface area contributed by atoms with E-state index in [0.29, 0.717) is 13.1 Å². The number of aryl methyl sites for hydroxylation is 1. The lowest BCUT2D eigenvalue weighted by atomic mass is 9.98. The molecule has 3 aromatic rings. The highest BCUT2D eigenvalue weighted by atomic mass is 16.6. The van der Waals surface area contributed by atoms with Crippen molar-refractivity contribution >= 4 is 12.1 Å². The van der Waals surface area contributed by atoms with Gasteiger partial charge < -0.3 is 19.7 Å². The third kappa shape index (κ3) is 3.14. The molecule has 0 atom stereocenters. The Morgan fingerprint density at radius 3 is 2.40 bits per heavy atom. The van der Waals surface area contributed by atoms with Crippen LogP contribution in [0.2, 0.25) is 0 Å². The van der Waals surface area contributed by atoms with Gasteiger partial charge in [0.1, 0.15) is 12.3 Å². The third-order valence-electron chi connectivity index (χ3n) is 6.03. The molecule has 2 heterocycles. The quantitative estimate of drug-likeness (QED) is 0.680. The third-order valence-corrected chi connectivity index (χ3v) is 6.03. The van der Waals surface area contributed by atoms with E-state index >= 15 is 0 Å². The number of aromatic nitrogens is 1. The number of H-pyrrole nitrogens is 1. The van der Waals surface area contributed by atoms with Crippen LogP contribution in [0.25, 0.3) is 11.1 Å². The van der Waals surface area contributed by atoms with E-state index in [1.165, 1.54) is 22.3 Å². The second-order valence-corrected chi connectivity index (χ2v) is 7.82. The van der Waals surface area contributed by atoms with Gasteiger partial charge in [-0.05, 0) is 46.7 Å². The number of hydrogen-bond acceptors (Lipinski definition) is 3. The molecule has 1 aliphatic carbocycles. The molecular weight excluding hydrogens is 380 g/mol. The van der Waals surface area contributed by atoms with E-state index in [-0.39, 0.29) is 24.3 Å². The first kappa shape index (κ1) is 18.5. The average molecular weight is 402 g/mol. The first-order valence-electron chi connectivity index (χ1n) is 10.2. The molecule has 0 saturated carbocycles. The van der Waals surface area contributed by atoms with E-state index in [2.05, 4.69) is 29.2 Å². The smallest absolute Gasteiger partial charge is 0.410 e. The highest BCUT2D eigenvalue weighted by Crippen LogP contribution is 2.44. The van der Waals surface area contributed by atoms with E-state index in [9.17, 15) is 14.7 Å². The molecule has 1 aromatic heterocycles. The maximum Gasteiger partial charge on any atom is 0.410 e. The Labute approximate surface area is 174 Å². The summed E-state index contributed by atoms with van der Waals surface area (Å²) in [5.74, 6) is -0.967. The molecule has 5 rings (SSSR count). The summed E-state index contributed by atoms with van der Waals surface area (Å²) in [6.07, 6.45) is 1.12. The number of nitrogens with zero attached hydrogens (tertiary/aromatic N) is 1. The minimum absolute atomic E-state index is 0.0229. The molecule has 0 saturated heterocycles. The van der Waals surface area contributed by atoms with Crippen molar-refractivity contribution in [3.05, 3.63) is 82.7 Å². The SMILES string of the molecule is O=C(O)c1cc2c([nH]1)CCCN(C(=O)OCC1c3ccccc3-c3ccccc31)C2. The molecule has 1 aliphatic heterocycles. The number of nitrogens with one attached hydrogen (secondary N) is 1. The number of fused-ring (bicyclic) bond motifs is 4. The maximum atomic E-state index is 12.9. The Morgan fingerprint density at radius 2 is 1.73 bits per heavy atom. The molecule has 0 radical (unpaired) electrons. The fourth-order valence-electron chi connectivity index (χ4n) is 4.59. The van der Waals surface area contributed by atoms with Crippen LogP contribution in [-0.4, -0.2) is 40.2 Å². The lowest BCUT2D eigenvalue weighted by molar-refractivity contribution is 0.0691. The summed E-state index contributed by atoms with van der Waals surface area (Å²) in [5.41, 5.74) is 6.65. The summed E-state index contributed by atoms with van der Waals surface area (Å²) in [7, 11) is 0. The number of aromatic amines is 1. The molecule has 0 unspecified atom stereocenters. The van der Waals surface area contributed by atoms with E-state index < -0.39 is 5.97 Å². The largest absolute Gasteiger partial charge is 0.477 e. The summed E-state index contributed by atoms with van der Waals surface area (Å²) in [6, 6.07) is 18.1. The Balaban J connectivity index is 1.32. The molecule has 2 aromatic carbocycles. The molecule has 0 bridgehead atoms. The van der Waals surface area contributed by atoms with Gasteiger partial charge in [-0.1, -0.05) is 48.5 Å². The number of carboxylic acids is 1. The van der Waals surface area contributed by atoms with Crippen molar-refractivity contribution < 1.29 is 19.4 Å². The van der Waals surface area contributed by atoms with Crippen molar-refractivity contribution in [3.8, 4) is 11.1 Å². The van der Waals surface area contributed by atoms with Gasteiger partial charge in [0.25, 0.3) is 0 Å². The van der Waals surface area contributed by atoms with Gasteiger partial charge >= 0.3 is 12.1 Å². The first-order valence-corrected chi connectivity index (χ1v) is 10.2.